The predicted octanol–water partition coefficient (Wildman–Crippen LogP) is 1.45. The van der Waals surface area contributed by atoms with E-state index in [4.69, 9.17) is 5.11 Å². The van der Waals surface area contributed by atoms with E-state index in [0.717, 1.165) is 5.33 Å². The summed E-state index contributed by atoms with van der Waals surface area (Å²) in [6, 6.07) is 0. The summed E-state index contributed by atoms with van der Waals surface area (Å²) in [5.41, 5.74) is 0. The van der Waals surface area contributed by atoms with E-state index in [1.807, 2.05) is 0 Å². The van der Waals surface area contributed by atoms with Crippen LogP contribution in [0.5, 0.6) is 0 Å². The summed E-state index contributed by atoms with van der Waals surface area (Å²) in [6.07, 6.45) is -0.694. The molecule has 0 aliphatic heterocycles. The van der Waals surface area contributed by atoms with Crippen molar-refractivity contribution in [3.05, 3.63) is 0 Å². The number of aliphatic hydroxyl groups is 1. The summed E-state index contributed by atoms with van der Waals surface area (Å²) >= 11 is 3.10. The molecule has 1 unspecified atom stereocenters. The average Bonchev–Trinajstić information content (AvgIpc) is 1.61. The topological polar surface area (TPSA) is 20.2 Å². The molecule has 0 aliphatic rings. The lowest BCUT2D eigenvalue weighted by molar-refractivity contribution is 0.0344. The van der Waals surface area contributed by atoms with Crippen LogP contribution in [0.15, 0.2) is 0 Å². The maximum atomic E-state index is 11.4. The zero-order chi connectivity index (χ0) is 5.70. The van der Waals surface area contributed by atoms with Gasteiger partial charge in [0.2, 0.25) is 0 Å². The first-order chi connectivity index (χ1) is 3.27. The van der Waals surface area contributed by atoms with Crippen molar-refractivity contribution >= 4 is 15.9 Å². The van der Waals surface area contributed by atoms with Crippen LogP contribution >= 0.6 is 15.9 Å². The van der Waals surface area contributed by atoms with Gasteiger partial charge in [-0.05, 0) is 6.42 Å². The lowest BCUT2D eigenvalue weighted by Crippen LogP contribution is -1.95. The van der Waals surface area contributed by atoms with Gasteiger partial charge in [0.1, 0.15) is 0 Å². The van der Waals surface area contributed by atoms with Crippen LogP contribution in [0.2, 0.25) is 0 Å². The molecule has 0 amide bonds. The first-order valence-corrected chi connectivity index (χ1v) is 3.27. The molecule has 3 heteroatoms. The second-order valence-electron chi connectivity index (χ2n) is 1.27. The molecule has 0 saturated heterocycles. The summed E-state index contributed by atoms with van der Waals surface area (Å²) in [5.74, 6) is 0. The van der Waals surface area contributed by atoms with E-state index in [0.29, 0.717) is 6.42 Å². The highest BCUT2D eigenvalue weighted by Crippen LogP contribution is 1.99. The van der Waals surface area contributed by atoms with Crippen LogP contribution in [-0.2, 0) is 0 Å². The maximum absolute atomic E-state index is 11.4. The highest BCUT2D eigenvalue weighted by atomic mass is 79.9. The number of hydrogen-bond donors (Lipinski definition) is 1. The number of aliphatic hydroxyl groups excluding tert-OH is 1. The largest absolute Gasteiger partial charge is 0.364 e. The van der Waals surface area contributed by atoms with Crippen molar-refractivity contribution in [1.82, 2.24) is 0 Å². The van der Waals surface area contributed by atoms with Gasteiger partial charge in [-0.2, -0.15) is 0 Å². The zero-order valence-corrected chi connectivity index (χ0v) is 5.49. The fourth-order valence-electron chi connectivity index (χ4n) is 0.246. The molecule has 0 aromatic carbocycles. The number of alkyl halides is 2. The van der Waals surface area contributed by atoms with E-state index < -0.39 is 6.36 Å². The molecule has 0 aliphatic carbocycles. The molecule has 1 nitrogen and oxygen atoms in total. The van der Waals surface area contributed by atoms with Crippen molar-refractivity contribution in [1.29, 1.82) is 0 Å². The van der Waals surface area contributed by atoms with Crippen LogP contribution < -0.4 is 0 Å². The summed E-state index contributed by atoms with van der Waals surface area (Å²) in [6.45, 7) is 0. The average molecular weight is 171 g/mol. The molecule has 7 heavy (non-hydrogen) atoms. The van der Waals surface area contributed by atoms with Crippen LogP contribution in [0.3, 0.4) is 0 Å². The first-order valence-electron chi connectivity index (χ1n) is 2.15. The number of halogens is 2. The van der Waals surface area contributed by atoms with Gasteiger partial charge in [-0.1, -0.05) is 15.9 Å². The summed E-state index contributed by atoms with van der Waals surface area (Å²) in [5, 5.41) is 8.75. The van der Waals surface area contributed by atoms with E-state index in [1.54, 1.807) is 0 Å². The Balaban J connectivity index is 2.68. The molecule has 0 saturated carbocycles. The van der Waals surface area contributed by atoms with E-state index in [9.17, 15) is 4.39 Å². The van der Waals surface area contributed by atoms with E-state index in [1.165, 1.54) is 0 Å². The Morgan fingerprint density at radius 2 is 2.29 bits per heavy atom. The standard InChI is InChI=1S/C4H8BrFO/c5-3-1-2-4(6)7/h4,7H,1-3H2. The molecule has 0 bridgehead atoms. The van der Waals surface area contributed by atoms with Crippen LogP contribution in [-0.4, -0.2) is 16.8 Å². The van der Waals surface area contributed by atoms with Gasteiger partial charge in [0.25, 0.3) is 0 Å². The second kappa shape index (κ2) is 4.53. The molecule has 0 spiro atoms. The Kier molecular flexibility index (Phi) is 4.77. The molecule has 0 fully saturated rings. The van der Waals surface area contributed by atoms with Gasteiger partial charge in [-0.3, -0.25) is 0 Å². The van der Waals surface area contributed by atoms with Gasteiger partial charge in [-0.25, -0.2) is 4.39 Å². The van der Waals surface area contributed by atoms with Crippen molar-refractivity contribution in [2.24, 2.45) is 0 Å². The van der Waals surface area contributed by atoms with Crippen molar-refractivity contribution < 1.29 is 9.50 Å². The first kappa shape index (κ1) is 7.37. The predicted molar refractivity (Wildman–Crippen MR) is 30.1 cm³/mol. The third-order valence-corrected chi connectivity index (χ3v) is 1.14. The maximum Gasteiger partial charge on any atom is 0.196 e. The third-order valence-electron chi connectivity index (χ3n) is 0.576. The van der Waals surface area contributed by atoms with Crippen LogP contribution in [0, 0.1) is 0 Å². The minimum Gasteiger partial charge on any atom is -0.364 e. The molecule has 0 rings (SSSR count). The van der Waals surface area contributed by atoms with Gasteiger partial charge in [0, 0.05) is 11.8 Å². The zero-order valence-electron chi connectivity index (χ0n) is 3.90. The fourth-order valence-corrected chi connectivity index (χ4v) is 0.569. The SMILES string of the molecule is OC(F)CCCBr. The van der Waals surface area contributed by atoms with Gasteiger partial charge in [-0.15, -0.1) is 0 Å². The number of hydrogen-bond acceptors (Lipinski definition) is 1. The Morgan fingerprint density at radius 3 is 2.43 bits per heavy atom. The lowest BCUT2D eigenvalue weighted by atomic mass is 10.3. The molecular weight excluding hydrogens is 163 g/mol. The van der Waals surface area contributed by atoms with Gasteiger partial charge in [0.15, 0.2) is 6.36 Å². The van der Waals surface area contributed by atoms with E-state index in [-0.39, 0.29) is 6.42 Å². The van der Waals surface area contributed by atoms with E-state index >= 15 is 0 Å². The lowest BCUT2D eigenvalue weighted by Gasteiger charge is -1.94. The van der Waals surface area contributed by atoms with Crippen molar-refractivity contribution in [2.75, 3.05) is 5.33 Å². The number of rotatable bonds is 3. The molecule has 1 N–H and O–H groups in total. The molecule has 0 aromatic rings. The van der Waals surface area contributed by atoms with Crippen LogP contribution in [0.1, 0.15) is 12.8 Å². The Bertz CT molecular complexity index is 40.7. The smallest absolute Gasteiger partial charge is 0.196 e. The van der Waals surface area contributed by atoms with Crippen molar-refractivity contribution in [3.63, 3.8) is 0 Å². The minimum atomic E-state index is -1.63. The van der Waals surface area contributed by atoms with Crippen LogP contribution in [0.4, 0.5) is 4.39 Å². The summed E-state index contributed by atoms with van der Waals surface area (Å²) < 4.78 is 11.4. The summed E-state index contributed by atoms with van der Waals surface area (Å²) in [7, 11) is 0. The Morgan fingerprint density at radius 1 is 1.71 bits per heavy atom. The molecule has 0 aromatic heterocycles. The highest BCUT2D eigenvalue weighted by Gasteiger charge is 1.95. The van der Waals surface area contributed by atoms with Gasteiger partial charge in [0.05, 0.1) is 0 Å². The fraction of sp³-hybridized carbons (Fsp3) is 1.00. The molecule has 0 heterocycles. The monoisotopic (exact) mass is 170 g/mol. The summed E-state index contributed by atoms with van der Waals surface area (Å²) in [4.78, 5) is 0. The second-order valence-corrected chi connectivity index (χ2v) is 2.06. The third kappa shape index (κ3) is 6.37. The van der Waals surface area contributed by atoms with Crippen LogP contribution in [0.25, 0.3) is 0 Å². The van der Waals surface area contributed by atoms with Gasteiger partial charge < -0.3 is 5.11 Å². The quantitative estimate of drug-likeness (QED) is 0.637. The Hall–Kier alpha value is 0.370. The molecular formula is C4H8BrFO. The highest BCUT2D eigenvalue weighted by molar-refractivity contribution is 9.09. The van der Waals surface area contributed by atoms with Crippen molar-refractivity contribution in [2.45, 2.75) is 19.2 Å². The van der Waals surface area contributed by atoms with E-state index in [2.05, 4.69) is 15.9 Å². The van der Waals surface area contributed by atoms with Crippen molar-refractivity contribution in [3.8, 4) is 0 Å². The Labute approximate surface area is 50.7 Å². The minimum absolute atomic E-state index is 0.241. The molecule has 0 radical (unpaired) electrons. The molecule has 1 atom stereocenters. The van der Waals surface area contributed by atoms with Gasteiger partial charge >= 0.3 is 0 Å². The normalized spacial score (nSPS) is 14.1. The molecule has 44 valence electrons.